The fourth-order valence-corrected chi connectivity index (χ4v) is 5.01. The summed E-state index contributed by atoms with van der Waals surface area (Å²) in [7, 11) is -2.53. The lowest BCUT2D eigenvalue weighted by molar-refractivity contribution is -0.140. The first-order valence-corrected chi connectivity index (χ1v) is 13.5. The molecule has 0 bridgehead atoms. The van der Waals surface area contributed by atoms with Crippen molar-refractivity contribution in [2.45, 2.75) is 49.5 Å². The van der Waals surface area contributed by atoms with Gasteiger partial charge in [-0.3, -0.25) is 0 Å². The SMILES string of the molecule is COc1cc(S(N)(=O)=O)ccc1NCC#Cc1cc2c(N[C@H]3CCO[C@@H](C)C3)cccc2n1CC(F)(F)F.S.S. The van der Waals surface area contributed by atoms with Crippen LogP contribution in [0.4, 0.5) is 24.5 Å². The quantitative estimate of drug-likeness (QED) is 0.336. The molecule has 1 saturated heterocycles. The van der Waals surface area contributed by atoms with E-state index in [4.69, 9.17) is 14.6 Å². The fourth-order valence-electron chi connectivity index (χ4n) is 4.48. The van der Waals surface area contributed by atoms with E-state index >= 15 is 0 Å². The molecule has 2 aromatic carbocycles. The van der Waals surface area contributed by atoms with Crippen molar-refractivity contribution in [1.82, 2.24) is 4.57 Å². The van der Waals surface area contributed by atoms with Crippen molar-refractivity contribution in [2.24, 2.45) is 5.14 Å². The highest BCUT2D eigenvalue weighted by Crippen LogP contribution is 2.32. The molecule has 0 radical (unpaired) electrons. The number of ether oxygens (including phenoxy) is 2. The van der Waals surface area contributed by atoms with Crippen molar-refractivity contribution >= 4 is 59.3 Å². The van der Waals surface area contributed by atoms with Gasteiger partial charge in [-0.1, -0.05) is 12.0 Å². The number of benzene rings is 2. The van der Waals surface area contributed by atoms with Crippen LogP contribution < -0.4 is 20.5 Å². The van der Waals surface area contributed by atoms with Crippen LogP contribution in [0.3, 0.4) is 0 Å². The van der Waals surface area contributed by atoms with Gasteiger partial charge in [0.1, 0.15) is 12.3 Å². The zero-order valence-corrected chi connectivity index (χ0v) is 24.7. The van der Waals surface area contributed by atoms with Crippen molar-refractivity contribution in [2.75, 3.05) is 30.9 Å². The minimum atomic E-state index is -4.43. The number of fused-ring (bicyclic) bond motifs is 1. The maximum absolute atomic E-state index is 13.5. The molecule has 2 atom stereocenters. The summed E-state index contributed by atoms with van der Waals surface area (Å²) in [4.78, 5) is -0.109. The van der Waals surface area contributed by atoms with Gasteiger partial charge in [-0.2, -0.15) is 40.2 Å². The molecule has 1 aliphatic rings. The largest absolute Gasteiger partial charge is 0.495 e. The highest BCUT2D eigenvalue weighted by atomic mass is 32.2. The standard InChI is InChI=1S/C26H29F3N4O4S.2H2S/c1-17-13-18(10-12-37-17)32-22-6-3-7-24-21(22)14-19(33(24)16-26(27,28)29)5-4-11-31-23-9-8-20(38(30,34)35)15-25(23)36-2;;/h3,6-9,14-15,17-18,31-32H,10-13,16H2,1-2H3,(H2,30,34,35);2*1H2/t17-,18-;;/m0../s1. The van der Waals surface area contributed by atoms with E-state index in [0.29, 0.717) is 23.2 Å². The van der Waals surface area contributed by atoms with E-state index in [0.717, 1.165) is 18.5 Å². The molecular formula is C26H33F3N4O4S3. The van der Waals surface area contributed by atoms with Gasteiger partial charge in [-0.25, -0.2) is 13.6 Å². The summed E-state index contributed by atoms with van der Waals surface area (Å²) in [6.45, 7) is 1.53. The molecule has 0 aliphatic carbocycles. The molecule has 4 N–H and O–H groups in total. The van der Waals surface area contributed by atoms with E-state index in [2.05, 4.69) is 22.5 Å². The first-order valence-electron chi connectivity index (χ1n) is 12.0. The Labute approximate surface area is 245 Å². The van der Waals surface area contributed by atoms with Crippen LogP contribution in [0, 0.1) is 11.8 Å². The fraction of sp³-hybridized carbons (Fsp3) is 0.385. The Morgan fingerprint density at radius 2 is 1.93 bits per heavy atom. The molecule has 0 saturated carbocycles. The second kappa shape index (κ2) is 13.8. The van der Waals surface area contributed by atoms with Crippen LogP contribution in [-0.2, 0) is 21.3 Å². The van der Waals surface area contributed by atoms with Gasteiger partial charge in [0.05, 0.1) is 41.6 Å². The number of hydrogen-bond donors (Lipinski definition) is 3. The smallest absolute Gasteiger partial charge is 0.406 e. The maximum Gasteiger partial charge on any atom is 0.406 e. The summed E-state index contributed by atoms with van der Waals surface area (Å²) in [5.74, 6) is 5.95. The molecule has 1 fully saturated rings. The lowest BCUT2D eigenvalue weighted by atomic mass is 10.0. The van der Waals surface area contributed by atoms with Crippen molar-refractivity contribution in [3.8, 4) is 17.6 Å². The molecule has 4 rings (SSSR count). The van der Waals surface area contributed by atoms with Crippen LogP contribution in [-0.4, -0.2) is 51.6 Å². The Kier molecular flexibility index (Phi) is 11.5. The number of anilines is 2. The molecular weight excluding hydrogens is 586 g/mol. The summed E-state index contributed by atoms with van der Waals surface area (Å²) >= 11 is 0. The summed E-state index contributed by atoms with van der Waals surface area (Å²) in [5.41, 5.74) is 1.88. The molecule has 8 nitrogen and oxygen atoms in total. The van der Waals surface area contributed by atoms with E-state index in [1.807, 2.05) is 13.0 Å². The number of aromatic nitrogens is 1. The number of sulfonamides is 1. The average molecular weight is 619 g/mol. The molecule has 0 unspecified atom stereocenters. The van der Waals surface area contributed by atoms with E-state index < -0.39 is 22.7 Å². The first kappa shape index (κ1) is 33.5. The number of methoxy groups -OCH3 is 1. The van der Waals surface area contributed by atoms with Gasteiger partial charge in [-0.05, 0) is 56.0 Å². The second-order valence-corrected chi connectivity index (χ2v) is 10.6. The molecule has 2 heterocycles. The summed E-state index contributed by atoms with van der Waals surface area (Å²) in [6, 6.07) is 11.1. The number of rotatable bonds is 7. The topological polar surface area (TPSA) is 108 Å². The predicted octanol–water partition coefficient (Wildman–Crippen LogP) is 4.53. The third kappa shape index (κ3) is 8.40. The lowest BCUT2D eigenvalue weighted by Crippen LogP contribution is -2.32. The summed E-state index contributed by atoms with van der Waals surface area (Å²) < 4.78 is 75.6. The number of alkyl halides is 3. The van der Waals surface area contributed by atoms with Crippen LogP contribution in [0.25, 0.3) is 10.9 Å². The molecule has 0 spiro atoms. The van der Waals surface area contributed by atoms with Crippen molar-refractivity contribution in [3.63, 3.8) is 0 Å². The third-order valence-corrected chi connectivity index (χ3v) is 7.12. The normalized spacial score (nSPS) is 17.1. The Hall–Kier alpha value is -2.70. The highest BCUT2D eigenvalue weighted by molar-refractivity contribution is 7.89. The third-order valence-electron chi connectivity index (χ3n) is 6.21. The van der Waals surface area contributed by atoms with E-state index in [-0.39, 0.29) is 62.0 Å². The monoisotopic (exact) mass is 618 g/mol. The molecule has 1 aliphatic heterocycles. The minimum Gasteiger partial charge on any atom is -0.495 e. The van der Waals surface area contributed by atoms with Crippen molar-refractivity contribution in [3.05, 3.63) is 48.2 Å². The van der Waals surface area contributed by atoms with Gasteiger partial charge in [0.2, 0.25) is 10.0 Å². The zero-order valence-electron chi connectivity index (χ0n) is 21.9. The van der Waals surface area contributed by atoms with Gasteiger partial charge < -0.3 is 24.7 Å². The Morgan fingerprint density at radius 1 is 1.18 bits per heavy atom. The van der Waals surface area contributed by atoms with E-state index in [1.54, 1.807) is 18.2 Å². The van der Waals surface area contributed by atoms with Gasteiger partial charge in [0.25, 0.3) is 0 Å². The Bertz CT molecular complexity index is 1480. The Morgan fingerprint density at radius 3 is 2.58 bits per heavy atom. The molecule has 40 heavy (non-hydrogen) atoms. The average Bonchev–Trinajstić information content (AvgIpc) is 3.18. The molecule has 0 amide bonds. The number of nitrogens with one attached hydrogen (secondary N) is 2. The number of nitrogens with zero attached hydrogens (tertiary/aromatic N) is 1. The number of nitrogens with two attached hydrogens (primary N) is 1. The number of primary sulfonamides is 1. The minimum absolute atomic E-state index is 0. The van der Waals surface area contributed by atoms with Crippen molar-refractivity contribution < 1.29 is 31.1 Å². The molecule has 220 valence electrons. The lowest BCUT2D eigenvalue weighted by Gasteiger charge is -2.29. The number of hydrogen-bond acceptors (Lipinski definition) is 6. The zero-order chi connectivity index (χ0) is 27.5. The molecule has 3 aromatic rings. The Balaban J connectivity index is 0.00000280. The summed E-state index contributed by atoms with van der Waals surface area (Å²) in [5, 5.41) is 12.3. The second-order valence-electron chi connectivity index (χ2n) is 9.08. The van der Waals surface area contributed by atoms with Gasteiger partial charge in [0.15, 0.2) is 0 Å². The van der Waals surface area contributed by atoms with Crippen molar-refractivity contribution in [1.29, 1.82) is 0 Å². The molecule has 14 heteroatoms. The molecule has 1 aromatic heterocycles. The summed E-state index contributed by atoms with van der Waals surface area (Å²) in [6.07, 6.45) is -2.71. The first-order chi connectivity index (χ1) is 17.9. The highest BCUT2D eigenvalue weighted by Gasteiger charge is 2.30. The maximum atomic E-state index is 13.5. The van der Waals surface area contributed by atoms with Crippen LogP contribution >= 0.6 is 27.0 Å². The van der Waals surface area contributed by atoms with E-state index in [1.165, 1.54) is 29.9 Å². The van der Waals surface area contributed by atoms with Gasteiger partial charge in [-0.15, -0.1) is 0 Å². The van der Waals surface area contributed by atoms with Crippen LogP contribution in [0.1, 0.15) is 25.5 Å². The number of halogens is 3. The predicted molar refractivity (Wildman–Crippen MR) is 161 cm³/mol. The van der Waals surface area contributed by atoms with Crippen LogP contribution in [0.5, 0.6) is 5.75 Å². The van der Waals surface area contributed by atoms with Gasteiger partial charge in [0, 0.05) is 29.8 Å². The van der Waals surface area contributed by atoms with E-state index in [9.17, 15) is 21.6 Å². The van der Waals surface area contributed by atoms with Crippen LogP contribution in [0.15, 0.2) is 47.4 Å². The van der Waals surface area contributed by atoms with Crippen LogP contribution in [0.2, 0.25) is 0 Å². The van der Waals surface area contributed by atoms with Gasteiger partial charge >= 0.3 is 6.18 Å².